The van der Waals surface area contributed by atoms with Crippen LogP contribution in [-0.2, 0) is 6.54 Å². The molecule has 0 unspecified atom stereocenters. The Kier molecular flexibility index (Phi) is 4.36. The molecule has 0 saturated heterocycles. The number of allylic oxidation sites excluding steroid dienone is 1. The van der Waals surface area contributed by atoms with Gasteiger partial charge in [-0.25, -0.2) is 9.67 Å². The van der Waals surface area contributed by atoms with E-state index in [1.165, 1.54) is 11.1 Å². The molecule has 1 aliphatic rings. The van der Waals surface area contributed by atoms with Gasteiger partial charge < -0.3 is 5.32 Å². The van der Waals surface area contributed by atoms with E-state index in [2.05, 4.69) is 43.0 Å². The molecule has 136 valence electrons. The van der Waals surface area contributed by atoms with Crippen LogP contribution in [0.5, 0.6) is 0 Å². The molecule has 2 heterocycles. The minimum absolute atomic E-state index is 0.611. The zero-order valence-electron chi connectivity index (χ0n) is 15.7. The zero-order chi connectivity index (χ0) is 19.1. The molecule has 27 heavy (non-hydrogen) atoms. The number of nitrogens with one attached hydrogen (secondary N) is 1. The van der Waals surface area contributed by atoms with E-state index >= 15 is 0 Å². The summed E-state index contributed by atoms with van der Waals surface area (Å²) in [4.78, 5) is 5.04. The van der Waals surface area contributed by atoms with Gasteiger partial charge in [0.05, 0.1) is 18.0 Å². The Balaban J connectivity index is 2.05. The molecule has 1 aromatic heterocycles. The lowest BCUT2D eigenvalue weighted by Gasteiger charge is -2.15. The average Bonchev–Trinajstić information content (AvgIpc) is 2.82. The van der Waals surface area contributed by atoms with Crippen molar-refractivity contribution in [3.63, 3.8) is 0 Å². The third-order valence-corrected chi connectivity index (χ3v) is 5.22. The van der Waals surface area contributed by atoms with Crippen LogP contribution < -0.4 is 5.32 Å². The number of nitrogens with zero attached hydrogens (tertiary/aromatic N) is 3. The number of hydrogen-bond donors (Lipinski definition) is 1. The SMILES string of the molecule is C=CCn1nc(C)c2c1Nc1cc(C)c(C)cc1C(c1ccccc1Cl)=N2. The lowest BCUT2D eigenvalue weighted by atomic mass is 9.96. The third-order valence-electron chi connectivity index (χ3n) is 4.89. The average molecular weight is 377 g/mol. The number of aliphatic imine (C=N–C) groups is 1. The van der Waals surface area contributed by atoms with Crippen molar-refractivity contribution in [3.05, 3.63) is 82.0 Å². The molecule has 0 aliphatic carbocycles. The molecular weight excluding hydrogens is 356 g/mol. The van der Waals surface area contributed by atoms with Gasteiger partial charge in [-0.05, 0) is 50.1 Å². The summed E-state index contributed by atoms with van der Waals surface area (Å²) in [6.45, 7) is 10.7. The predicted molar refractivity (Wildman–Crippen MR) is 113 cm³/mol. The van der Waals surface area contributed by atoms with Gasteiger partial charge in [0.25, 0.3) is 0 Å². The fraction of sp³-hybridized carbons (Fsp3) is 0.182. The number of anilines is 2. The molecule has 0 atom stereocenters. The van der Waals surface area contributed by atoms with Crippen LogP contribution in [0.15, 0.2) is 54.0 Å². The number of rotatable bonds is 3. The van der Waals surface area contributed by atoms with Crippen LogP contribution in [0.2, 0.25) is 5.02 Å². The first-order valence-corrected chi connectivity index (χ1v) is 9.28. The van der Waals surface area contributed by atoms with Crippen molar-refractivity contribution < 1.29 is 0 Å². The topological polar surface area (TPSA) is 42.2 Å². The molecule has 0 saturated carbocycles. The molecule has 0 spiro atoms. The molecule has 5 heteroatoms. The minimum atomic E-state index is 0.611. The maximum atomic E-state index is 6.53. The van der Waals surface area contributed by atoms with Gasteiger partial charge in [0.15, 0.2) is 5.82 Å². The lowest BCUT2D eigenvalue weighted by Crippen LogP contribution is -2.08. The van der Waals surface area contributed by atoms with Crippen LogP contribution in [0, 0.1) is 20.8 Å². The Hall–Kier alpha value is -2.85. The van der Waals surface area contributed by atoms with Gasteiger partial charge in [-0.2, -0.15) is 5.10 Å². The van der Waals surface area contributed by atoms with Crippen LogP contribution in [0.4, 0.5) is 17.2 Å². The quantitative estimate of drug-likeness (QED) is 0.454. The molecule has 0 radical (unpaired) electrons. The van der Waals surface area contributed by atoms with Crippen LogP contribution in [0.3, 0.4) is 0 Å². The van der Waals surface area contributed by atoms with Gasteiger partial charge in [-0.15, -0.1) is 6.58 Å². The first kappa shape index (κ1) is 17.6. The van der Waals surface area contributed by atoms with E-state index < -0.39 is 0 Å². The Bertz CT molecular complexity index is 1090. The second kappa shape index (κ2) is 6.71. The summed E-state index contributed by atoms with van der Waals surface area (Å²) in [7, 11) is 0. The molecule has 0 amide bonds. The number of hydrogen-bond acceptors (Lipinski definition) is 3. The number of fused-ring (bicyclic) bond motifs is 2. The largest absolute Gasteiger partial charge is 0.338 e. The fourth-order valence-electron chi connectivity index (χ4n) is 3.36. The van der Waals surface area contributed by atoms with Crippen molar-refractivity contribution in [2.24, 2.45) is 4.99 Å². The Labute approximate surface area is 164 Å². The molecule has 3 aromatic rings. The van der Waals surface area contributed by atoms with Crippen LogP contribution >= 0.6 is 11.6 Å². The standard InChI is InChI=1S/C22H21ClN4/c1-5-10-27-22-20(15(4)26-27)25-21(16-8-6-7-9-18(16)23)17-11-13(2)14(3)12-19(17)24-22/h5-9,11-12,24H,1,10H2,2-4H3. The Morgan fingerprint density at radius 1 is 1.11 bits per heavy atom. The third kappa shape index (κ3) is 2.96. The van der Waals surface area contributed by atoms with E-state index in [0.29, 0.717) is 11.6 Å². The maximum absolute atomic E-state index is 6.53. The molecule has 0 fully saturated rings. The van der Waals surface area contributed by atoms with E-state index in [1.807, 2.05) is 41.9 Å². The second-order valence-corrected chi connectivity index (χ2v) is 7.21. The monoisotopic (exact) mass is 376 g/mol. The van der Waals surface area contributed by atoms with Gasteiger partial charge in [0, 0.05) is 21.8 Å². The number of aromatic nitrogens is 2. The highest BCUT2D eigenvalue weighted by molar-refractivity contribution is 6.36. The summed E-state index contributed by atoms with van der Waals surface area (Å²) in [6.07, 6.45) is 1.83. The normalized spacial score (nSPS) is 12.5. The summed E-state index contributed by atoms with van der Waals surface area (Å²) in [5.41, 5.74) is 7.93. The lowest BCUT2D eigenvalue weighted by molar-refractivity contribution is 0.703. The number of aryl methyl sites for hydroxylation is 3. The molecule has 4 rings (SSSR count). The van der Waals surface area contributed by atoms with Gasteiger partial charge in [-0.1, -0.05) is 35.9 Å². The van der Waals surface area contributed by atoms with E-state index in [0.717, 1.165) is 39.7 Å². The van der Waals surface area contributed by atoms with Crippen molar-refractivity contribution in [1.82, 2.24) is 9.78 Å². The Morgan fingerprint density at radius 3 is 2.59 bits per heavy atom. The summed E-state index contributed by atoms with van der Waals surface area (Å²) in [5.74, 6) is 0.874. The fourth-order valence-corrected chi connectivity index (χ4v) is 3.58. The van der Waals surface area contributed by atoms with Crippen LogP contribution in [0.1, 0.15) is 27.9 Å². The minimum Gasteiger partial charge on any atom is -0.338 e. The summed E-state index contributed by atoms with van der Waals surface area (Å²) in [6, 6.07) is 12.2. The van der Waals surface area contributed by atoms with Gasteiger partial charge >= 0.3 is 0 Å². The van der Waals surface area contributed by atoms with Crippen molar-refractivity contribution in [1.29, 1.82) is 0 Å². The first-order valence-electron chi connectivity index (χ1n) is 8.90. The zero-order valence-corrected chi connectivity index (χ0v) is 16.4. The van der Waals surface area contributed by atoms with Crippen molar-refractivity contribution in [3.8, 4) is 0 Å². The highest BCUT2D eigenvalue weighted by Gasteiger charge is 2.24. The van der Waals surface area contributed by atoms with E-state index in [1.54, 1.807) is 0 Å². The van der Waals surface area contributed by atoms with Gasteiger partial charge in [-0.3, -0.25) is 0 Å². The van der Waals surface area contributed by atoms with Crippen molar-refractivity contribution in [2.75, 3.05) is 5.32 Å². The molecule has 2 aromatic carbocycles. The highest BCUT2D eigenvalue weighted by atomic mass is 35.5. The predicted octanol–water partition coefficient (Wildman–Crippen LogP) is 5.87. The van der Waals surface area contributed by atoms with E-state index in [4.69, 9.17) is 16.6 Å². The van der Waals surface area contributed by atoms with Crippen LogP contribution in [0.25, 0.3) is 0 Å². The van der Waals surface area contributed by atoms with Crippen molar-refractivity contribution in [2.45, 2.75) is 27.3 Å². The molecule has 1 N–H and O–H groups in total. The summed E-state index contributed by atoms with van der Waals surface area (Å²) < 4.78 is 1.90. The smallest absolute Gasteiger partial charge is 0.155 e. The molecule has 0 bridgehead atoms. The summed E-state index contributed by atoms with van der Waals surface area (Å²) in [5, 5.41) is 8.87. The summed E-state index contributed by atoms with van der Waals surface area (Å²) >= 11 is 6.53. The first-order chi connectivity index (χ1) is 13.0. The molecular formula is C22H21ClN4. The van der Waals surface area contributed by atoms with E-state index in [9.17, 15) is 0 Å². The molecule has 1 aliphatic heterocycles. The van der Waals surface area contributed by atoms with Gasteiger partial charge in [0.1, 0.15) is 5.69 Å². The van der Waals surface area contributed by atoms with Crippen LogP contribution in [-0.4, -0.2) is 15.5 Å². The highest BCUT2D eigenvalue weighted by Crippen LogP contribution is 2.39. The van der Waals surface area contributed by atoms with E-state index in [-0.39, 0.29) is 0 Å². The van der Waals surface area contributed by atoms with Crippen molar-refractivity contribution >= 4 is 34.5 Å². The Morgan fingerprint density at radius 2 is 1.85 bits per heavy atom. The van der Waals surface area contributed by atoms with Gasteiger partial charge in [0.2, 0.25) is 0 Å². The maximum Gasteiger partial charge on any atom is 0.155 e. The number of halogens is 1. The number of benzene rings is 2. The molecule has 4 nitrogen and oxygen atoms in total. The second-order valence-electron chi connectivity index (χ2n) is 6.80.